The van der Waals surface area contributed by atoms with Gasteiger partial charge in [0.2, 0.25) is 0 Å². The van der Waals surface area contributed by atoms with Gasteiger partial charge in [0.15, 0.2) is 0 Å². The predicted molar refractivity (Wildman–Crippen MR) is 73.4 cm³/mol. The van der Waals surface area contributed by atoms with E-state index >= 15 is 0 Å². The van der Waals surface area contributed by atoms with Gasteiger partial charge in [0.05, 0.1) is 0 Å². The quantitative estimate of drug-likeness (QED) is 0.870. The Balaban J connectivity index is 1.71. The minimum absolute atomic E-state index is 0.348. The number of nitrogens with zero attached hydrogens (tertiary/aromatic N) is 1. The number of benzene rings is 1. The highest BCUT2D eigenvalue weighted by Gasteiger charge is 2.18. The Kier molecular flexibility index (Phi) is 3.35. The van der Waals surface area contributed by atoms with E-state index in [0.717, 1.165) is 32.5 Å². The fourth-order valence-corrected chi connectivity index (χ4v) is 2.86. The number of rotatable bonds is 3. The fourth-order valence-electron chi connectivity index (χ4n) is 2.86. The molecule has 0 amide bonds. The van der Waals surface area contributed by atoms with Gasteiger partial charge >= 0.3 is 0 Å². The number of aromatic amines is 1. The molecule has 0 saturated carbocycles. The number of likely N-dealkylation sites (tertiary alicyclic amines) is 1. The topological polar surface area (TPSA) is 39.3 Å². The highest BCUT2D eigenvalue weighted by molar-refractivity contribution is 5.82. The lowest BCUT2D eigenvalue weighted by Crippen LogP contribution is -2.34. The Morgan fingerprint density at radius 3 is 2.83 bits per heavy atom. The Hall–Kier alpha value is -1.32. The van der Waals surface area contributed by atoms with E-state index in [1.165, 1.54) is 16.5 Å². The third-order valence-corrected chi connectivity index (χ3v) is 4.04. The number of H-pyrrole nitrogens is 1. The molecular formula is C15H20N2O. The fraction of sp³-hybridized carbons (Fsp3) is 0.467. The van der Waals surface area contributed by atoms with Gasteiger partial charge in [0.25, 0.3) is 0 Å². The molecule has 1 aliphatic heterocycles. The summed E-state index contributed by atoms with van der Waals surface area (Å²) in [7, 11) is 0. The van der Waals surface area contributed by atoms with Gasteiger partial charge in [-0.25, -0.2) is 0 Å². The SMILES string of the molecule is OCC1CCN(Cc2cccc3[nH]ccc23)CC1. The Morgan fingerprint density at radius 1 is 1.22 bits per heavy atom. The van der Waals surface area contributed by atoms with Gasteiger partial charge < -0.3 is 10.1 Å². The van der Waals surface area contributed by atoms with Crippen molar-refractivity contribution in [1.29, 1.82) is 0 Å². The number of hydrogen-bond acceptors (Lipinski definition) is 2. The van der Waals surface area contributed by atoms with Crippen LogP contribution in [-0.4, -0.2) is 34.7 Å². The number of piperidine rings is 1. The van der Waals surface area contributed by atoms with E-state index < -0.39 is 0 Å². The molecule has 18 heavy (non-hydrogen) atoms. The molecule has 0 bridgehead atoms. The number of nitrogens with one attached hydrogen (secondary N) is 1. The van der Waals surface area contributed by atoms with Crippen LogP contribution in [0.25, 0.3) is 10.9 Å². The van der Waals surface area contributed by atoms with Crippen LogP contribution in [0.15, 0.2) is 30.5 Å². The lowest BCUT2D eigenvalue weighted by atomic mass is 9.97. The minimum atomic E-state index is 0.348. The molecule has 0 radical (unpaired) electrons. The van der Waals surface area contributed by atoms with Crippen LogP contribution in [0.3, 0.4) is 0 Å². The van der Waals surface area contributed by atoms with Gasteiger partial charge in [0.1, 0.15) is 0 Å². The van der Waals surface area contributed by atoms with E-state index in [1.807, 2.05) is 6.20 Å². The lowest BCUT2D eigenvalue weighted by molar-refractivity contribution is 0.127. The van der Waals surface area contributed by atoms with E-state index in [4.69, 9.17) is 5.11 Å². The molecule has 1 aliphatic rings. The van der Waals surface area contributed by atoms with Gasteiger partial charge in [-0.3, -0.25) is 4.90 Å². The van der Waals surface area contributed by atoms with Crippen LogP contribution in [0.2, 0.25) is 0 Å². The van der Waals surface area contributed by atoms with Crippen molar-refractivity contribution in [3.8, 4) is 0 Å². The van der Waals surface area contributed by atoms with Crippen molar-refractivity contribution in [3.05, 3.63) is 36.0 Å². The normalized spacial score (nSPS) is 18.5. The third kappa shape index (κ3) is 2.28. The number of aliphatic hydroxyl groups excluding tert-OH is 1. The summed E-state index contributed by atoms with van der Waals surface area (Å²) in [6.45, 7) is 3.58. The highest BCUT2D eigenvalue weighted by atomic mass is 16.3. The average molecular weight is 244 g/mol. The first-order valence-corrected chi connectivity index (χ1v) is 6.75. The maximum absolute atomic E-state index is 9.16. The summed E-state index contributed by atoms with van der Waals surface area (Å²) in [4.78, 5) is 5.76. The first-order valence-electron chi connectivity index (χ1n) is 6.75. The molecule has 2 heterocycles. The second-order valence-corrected chi connectivity index (χ2v) is 5.26. The van der Waals surface area contributed by atoms with Crippen molar-refractivity contribution in [2.24, 2.45) is 5.92 Å². The molecule has 2 aromatic rings. The van der Waals surface area contributed by atoms with Crippen molar-refractivity contribution in [2.45, 2.75) is 19.4 Å². The first kappa shape index (κ1) is 11.8. The van der Waals surface area contributed by atoms with E-state index in [-0.39, 0.29) is 0 Å². The minimum Gasteiger partial charge on any atom is -0.396 e. The van der Waals surface area contributed by atoms with Crippen LogP contribution in [0, 0.1) is 5.92 Å². The summed E-state index contributed by atoms with van der Waals surface area (Å²) in [6, 6.07) is 8.62. The van der Waals surface area contributed by atoms with Gasteiger partial charge in [-0.1, -0.05) is 12.1 Å². The Bertz CT molecular complexity index is 512. The first-order chi connectivity index (χ1) is 8.86. The third-order valence-electron chi connectivity index (χ3n) is 4.04. The van der Waals surface area contributed by atoms with Crippen LogP contribution in [0.4, 0.5) is 0 Å². The van der Waals surface area contributed by atoms with E-state index in [2.05, 4.69) is 34.1 Å². The summed E-state index contributed by atoms with van der Waals surface area (Å²) in [5.41, 5.74) is 2.62. The maximum atomic E-state index is 9.16. The standard InChI is InChI=1S/C15H20N2O/c18-11-12-5-8-17(9-6-12)10-13-2-1-3-15-14(13)4-7-16-15/h1-4,7,12,16,18H,5-6,8-11H2. The average Bonchev–Trinajstić information content (AvgIpc) is 2.89. The molecule has 0 atom stereocenters. The molecule has 96 valence electrons. The largest absolute Gasteiger partial charge is 0.396 e. The molecule has 1 aromatic carbocycles. The van der Waals surface area contributed by atoms with E-state index in [0.29, 0.717) is 12.5 Å². The lowest BCUT2D eigenvalue weighted by Gasteiger charge is -2.31. The van der Waals surface area contributed by atoms with Crippen molar-refractivity contribution in [1.82, 2.24) is 9.88 Å². The monoisotopic (exact) mass is 244 g/mol. The van der Waals surface area contributed by atoms with Crippen molar-refractivity contribution in [2.75, 3.05) is 19.7 Å². The van der Waals surface area contributed by atoms with Crippen LogP contribution in [0.1, 0.15) is 18.4 Å². The summed E-state index contributed by atoms with van der Waals surface area (Å²) < 4.78 is 0. The molecule has 1 aromatic heterocycles. The molecule has 1 saturated heterocycles. The van der Waals surface area contributed by atoms with Crippen molar-refractivity contribution in [3.63, 3.8) is 0 Å². The molecule has 3 heteroatoms. The maximum Gasteiger partial charge on any atom is 0.0460 e. The van der Waals surface area contributed by atoms with E-state index in [9.17, 15) is 0 Å². The zero-order chi connectivity index (χ0) is 12.4. The molecule has 2 N–H and O–H groups in total. The summed E-state index contributed by atoms with van der Waals surface area (Å²) in [5.74, 6) is 0.518. The number of aliphatic hydroxyl groups is 1. The molecule has 3 rings (SSSR count). The zero-order valence-corrected chi connectivity index (χ0v) is 10.6. The smallest absolute Gasteiger partial charge is 0.0460 e. The van der Waals surface area contributed by atoms with Gasteiger partial charge in [-0.2, -0.15) is 0 Å². The van der Waals surface area contributed by atoms with Crippen molar-refractivity contribution < 1.29 is 5.11 Å². The van der Waals surface area contributed by atoms with Crippen LogP contribution in [-0.2, 0) is 6.54 Å². The van der Waals surface area contributed by atoms with Crippen molar-refractivity contribution >= 4 is 10.9 Å². The zero-order valence-electron chi connectivity index (χ0n) is 10.6. The predicted octanol–water partition coefficient (Wildman–Crippen LogP) is 2.37. The molecule has 0 unspecified atom stereocenters. The number of hydrogen-bond donors (Lipinski definition) is 2. The Morgan fingerprint density at radius 2 is 2.06 bits per heavy atom. The van der Waals surface area contributed by atoms with Crippen LogP contribution >= 0.6 is 0 Å². The van der Waals surface area contributed by atoms with Gasteiger partial charge in [-0.05, 0) is 49.5 Å². The van der Waals surface area contributed by atoms with Gasteiger partial charge in [-0.15, -0.1) is 0 Å². The second kappa shape index (κ2) is 5.12. The second-order valence-electron chi connectivity index (χ2n) is 5.26. The van der Waals surface area contributed by atoms with Crippen LogP contribution in [0.5, 0.6) is 0 Å². The number of aromatic nitrogens is 1. The molecule has 3 nitrogen and oxygen atoms in total. The summed E-state index contributed by atoms with van der Waals surface area (Å²) >= 11 is 0. The molecular weight excluding hydrogens is 224 g/mol. The van der Waals surface area contributed by atoms with E-state index in [1.54, 1.807) is 0 Å². The highest BCUT2D eigenvalue weighted by Crippen LogP contribution is 2.22. The van der Waals surface area contributed by atoms with Gasteiger partial charge in [0, 0.05) is 30.3 Å². The molecule has 0 spiro atoms. The molecule has 1 fully saturated rings. The summed E-state index contributed by atoms with van der Waals surface area (Å²) in [5, 5.41) is 10.5. The Labute approximate surface area is 107 Å². The molecule has 0 aliphatic carbocycles. The van der Waals surface area contributed by atoms with Crippen LogP contribution < -0.4 is 0 Å². The summed E-state index contributed by atoms with van der Waals surface area (Å²) in [6.07, 6.45) is 4.26. The number of fused-ring (bicyclic) bond motifs is 1.